The van der Waals surface area contributed by atoms with Crippen molar-refractivity contribution in [2.45, 2.75) is 12.5 Å². The van der Waals surface area contributed by atoms with Crippen LogP contribution in [-0.2, 0) is 4.84 Å². The zero-order valence-electron chi connectivity index (χ0n) is 12.1. The van der Waals surface area contributed by atoms with Crippen molar-refractivity contribution < 1.29 is 4.84 Å². The number of hydrogen-bond acceptors (Lipinski definition) is 2. The van der Waals surface area contributed by atoms with Gasteiger partial charge >= 0.3 is 0 Å². The Morgan fingerprint density at radius 2 is 1.64 bits per heavy atom. The summed E-state index contributed by atoms with van der Waals surface area (Å²) in [5.74, 6) is 0.866. The van der Waals surface area contributed by atoms with Crippen LogP contribution in [0.4, 0.5) is 5.69 Å². The van der Waals surface area contributed by atoms with Gasteiger partial charge in [0.15, 0.2) is 0 Å². The number of fused-ring (bicyclic) bond motifs is 1. The smallest absolute Gasteiger partial charge is 0.129 e. The van der Waals surface area contributed by atoms with Crippen LogP contribution in [-0.4, -0.2) is 5.84 Å². The van der Waals surface area contributed by atoms with Gasteiger partial charge in [0.25, 0.3) is 0 Å². The molecule has 0 spiro atoms. The van der Waals surface area contributed by atoms with Crippen molar-refractivity contribution >= 4 is 22.3 Å². The summed E-state index contributed by atoms with van der Waals surface area (Å²) < 4.78 is 0. The minimum atomic E-state index is 0.0231. The number of benzene rings is 3. The average Bonchev–Trinajstić information content (AvgIpc) is 3.05. The van der Waals surface area contributed by atoms with Crippen LogP contribution in [0.1, 0.15) is 18.1 Å². The Kier molecular flexibility index (Phi) is 3.33. The van der Waals surface area contributed by atoms with E-state index in [-0.39, 0.29) is 6.10 Å². The van der Waals surface area contributed by atoms with Crippen LogP contribution in [0.2, 0.25) is 0 Å². The molecule has 1 aliphatic rings. The molecule has 3 aromatic rings. The topological polar surface area (TPSA) is 33.6 Å². The highest BCUT2D eigenvalue weighted by Crippen LogP contribution is 2.29. The van der Waals surface area contributed by atoms with Gasteiger partial charge in [-0.05, 0) is 17.0 Å². The van der Waals surface area contributed by atoms with Crippen LogP contribution >= 0.6 is 0 Å². The number of nitrogens with one attached hydrogen (secondary N) is 1. The van der Waals surface area contributed by atoms with E-state index in [1.54, 1.807) is 0 Å². The number of amidine groups is 1. The normalized spacial score (nSPS) is 19.5. The maximum atomic E-state index is 5.66. The summed E-state index contributed by atoms with van der Waals surface area (Å²) in [6, 6.07) is 24.7. The molecule has 1 N–H and O–H groups in total. The third-order valence-corrected chi connectivity index (χ3v) is 3.89. The number of hydroxylamine groups is 1. The van der Waals surface area contributed by atoms with Crippen molar-refractivity contribution in [3.63, 3.8) is 0 Å². The summed E-state index contributed by atoms with van der Waals surface area (Å²) in [6.45, 7) is 0. The van der Waals surface area contributed by atoms with Gasteiger partial charge in [-0.1, -0.05) is 66.7 Å². The van der Waals surface area contributed by atoms with Crippen molar-refractivity contribution in [3.05, 3.63) is 78.4 Å². The van der Waals surface area contributed by atoms with Crippen LogP contribution < -0.4 is 5.48 Å². The van der Waals surface area contributed by atoms with Crippen LogP contribution in [0.5, 0.6) is 0 Å². The summed E-state index contributed by atoms with van der Waals surface area (Å²) in [7, 11) is 0. The summed E-state index contributed by atoms with van der Waals surface area (Å²) >= 11 is 0. The van der Waals surface area contributed by atoms with E-state index in [1.807, 2.05) is 42.5 Å². The molecule has 1 atom stereocenters. The Morgan fingerprint density at radius 3 is 2.55 bits per heavy atom. The fourth-order valence-corrected chi connectivity index (χ4v) is 2.77. The molecule has 4 rings (SSSR count). The van der Waals surface area contributed by atoms with Crippen molar-refractivity contribution in [2.75, 3.05) is 0 Å². The van der Waals surface area contributed by atoms with Crippen molar-refractivity contribution in [2.24, 2.45) is 4.99 Å². The molecule has 3 nitrogen and oxygen atoms in total. The van der Waals surface area contributed by atoms with E-state index in [9.17, 15) is 0 Å². The fourth-order valence-electron chi connectivity index (χ4n) is 2.77. The molecule has 1 heterocycles. The SMILES string of the molecule is c1ccc(C2CC(=Nc3cccc4ccccc34)NO2)cc1. The molecule has 0 aliphatic carbocycles. The van der Waals surface area contributed by atoms with E-state index in [1.165, 1.54) is 5.39 Å². The molecule has 0 amide bonds. The molecule has 1 fully saturated rings. The van der Waals surface area contributed by atoms with Gasteiger partial charge in [-0.15, -0.1) is 0 Å². The lowest BCUT2D eigenvalue weighted by Gasteiger charge is -2.05. The van der Waals surface area contributed by atoms with Crippen LogP contribution in [0.15, 0.2) is 77.8 Å². The predicted octanol–water partition coefficient (Wildman–Crippen LogP) is 4.54. The number of nitrogens with zero attached hydrogens (tertiary/aromatic N) is 1. The predicted molar refractivity (Wildman–Crippen MR) is 89.1 cm³/mol. The van der Waals surface area contributed by atoms with E-state index in [0.29, 0.717) is 0 Å². The molecule has 0 saturated carbocycles. The third kappa shape index (κ3) is 2.47. The van der Waals surface area contributed by atoms with Gasteiger partial charge in [0.2, 0.25) is 0 Å². The van der Waals surface area contributed by atoms with Crippen LogP contribution in [0.3, 0.4) is 0 Å². The quantitative estimate of drug-likeness (QED) is 0.751. The molecule has 108 valence electrons. The molecule has 1 saturated heterocycles. The lowest BCUT2D eigenvalue weighted by molar-refractivity contribution is 0.0449. The first kappa shape index (κ1) is 13.0. The zero-order chi connectivity index (χ0) is 14.8. The lowest BCUT2D eigenvalue weighted by Crippen LogP contribution is -2.12. The lowest BCUT2D eigenvalue weighted by atomic mass is 10.1. The van der Waals surface area contributed by atoms with Crippen molar-refractivity contribution in [1.82, 2.24) is 5.48 Å². The number of rotatable bonds is 2. The highest BCUT2D eigenvalue weighted by Gasteiger charge is 2.23. The maximum absolute atomic E-state index is 5.66. The molecule has 0 radical (unpaired) electrons. The van der Waals surface area contributed by atoms with E-state index in [0.717, 1.165) is 28.9 Å². The first-order chi connectivity index (χ1) is 10.9. The number of hydrogen-bond donors (Lipinski definition) is 1. The molecular formula is C19H16N2O. The van der Waals surface area contributed by atoms with E-state index in [2.05, 4.69) is 35.8 Å². The van der Waals surface area contributed by atoms with Gasteiger partial charge in [0, 0.05) is 11.8 Å². The Labute approximate surface area is 129 Å². The highest BCUT2D eigenvalue weighted by atomic mass is 16.7. The van der Waals surface area contributed by atoms with Crippen LogP contribution in [0, 0.1) is 0 Å². The summed E-state index contributed by atoms with van der Waals surface area (Å²) in [5, 5.41) is 2.35. The van der Waals surface area contributed by atoms with Gasteiger partial charge < -0.3 is 0 Å². The Morgan fingerprint density at radius 1 is 0.864 bits per heavy atom. The molecule has 3 heteroatoms. The van der Waals surface area contributed by atoms with Gasteiger partial charge in [-0.25, -0.2) is 4.99 Å². The van der Waals surface area contributed by atoms with Crippen LogP contribution in [0.25, 0.3) is 10.8 Å². The second kappa shape index (κ2) is 5.62. The first-order valence-corrected chi connectivity index (χ1v) is 7.42. The zero-order valence-corrected chi connectivity index (χ0v) is 12.1. The highest BCUT2D eigenvalue weighted by molar-refractivity contribution is 5.96. The van der Waals surface area contributed by atoms with Gasteiger partial charge in [0.1, 0.15) is 11.9 Å². The Balaban J connectivity index is 1.64. The first-order valence-electron chi connectivity index (χ1n) is 7.42. The monoisotopic (exact) mass is 288 g/mol. The second-order valence-corrected chi connectivity index (χ2v) is 5.38. The van der Waals surface area contributed by atoms with E-state index in [4.69, 9.17) is 9.83 Å². The Hall–Kier alpha value is -2.65. The minimum Gasteiger partial charge on any atom is -0.266 e. The second-order valence-electron chi connectivity index (χ2n) is 5.38. The minimum absolute atomic E-state index is 0.0231. The van der Waals surface area contributed by atoms with Gasteiger partial charge in [-0.3, -0.25) is 10.3 Å². The summed E-state index contributed by atoms with van der Waals surface area (Å²) in [6.07, 6.45) is 0.780. The van der Waals surface area contributed by atoms with Crippen molar-refractivity contribution in [1.29, 1.82) is 0 Å². The fraction of sp³-hybridized carbons (Fsp3) is 0.105. The molecule has 1 unspecified atom stereocenters. The van der Waals surface area contributed by atoms with E-state index >= 15 is 0 Å². The molecule has 1 aliphatic heterocycles. The standard InChI is InChI=1S/C19H16N2O/c1-2-8-15(9-3-1)18-13-19(21-22-18)20-17-12-6-10-14-7-4-5-11-16(14)17/h1-12,18H,13H2,(H,20,21). The Bertz CT molecular complexity index is 822. The number of aliphatic imine (C=N–C) groups is 1. The molecule has 3 aromatic carbocycles. The average molecular weight is 288 g/mol. The van der Waals surface area contributed by atoms with Crippen molar-refractivity contribution in [3.8, 4) is 0 Å². The summed E-state index contributed by atoms with van der Waals surface area (Å²) in [5.41, 5.74) is 5.10. The summed E-state index contributed by atoms with van der Waals surface area (Å²) in [4.78, 5) is 10.4. The largest absolute Gasteiger partial charge is 0.266 e. The van der Waals surface area contributed by atoms with Gasteiger partial charge in [0.05, 0.1) is 5.69 Å². The third-order valence-electron chi connectivity index (χ3n) is 3.89. The molecular weight excluding hydrogens is 272 g/mol. The maximum Gasteiger partial charge on any atom is 0.129 e. The molecule has 0 aromatic heterocycles. The molecule has 0 bridgehead atoms. The molecule has 22 heavy (non-hydrogen) atoms. The van der Waals surface area contributed by atoms with E-state index < -0.39 is 0 Å². The van der Waals surface area contributed by atoms with Gasteiger partial charge in [-0.2, -0.15) is 0 Å².